The predicted octanol–water partition coefficient (Wildman–Crippen LogP) is 0.394. The standard InChI is InChI=1S/C10H12O6S/c1-15-6-7-16-10(11)8-4-2-3-5-9(8)17(12,13)14/h2-5H,6-7H2,1H3,(H,12,13,14)/p-1. The van der Waals surface area contributed by atoms with Crippen LogP contribution in [0.3, 0.4) is 0 Å². The van der Waals surface area contributed by atoms with Gasteiger partial charge in [0.15, 0.2) is 0 Å². The summed E-state index contributed by atoms with van der Waals surface area (Å²) in [5, 5.41) is 0. The topological polar surface area (TPSA) is 92.7 Å². The molecule has 0 N–H and O–H groups in total. The Labute approximate surface area is 98.9 Å². The van der Waals surface area contributed by atoms with Crippen LogP contribution < -0.4 is 0 Å². The Bertz CT molecular complexity index is 493. The highest BCUT2D eigenvalue weighted by molar-refractivity contribution is 7.85. The van der Waals surface area contributed by atoms with Crippen molar-refractivity contribution in [2.45, 2.75) is 4.90 Å². The number of esters is 1. The van der Waals surface area contributed by atoms with Gasteiger partial charge in [-0.2, -0.15) is 0 Å². The first-order valence-electron chi connectivity index (χ1n) is 4.68. The monoisotopic (exact) mass is 259 g/mol. The molecular formula is C10H11O6S-. The Morgan fingerprint density at radius 3 is 2.53 bits per heavy atom. The molecule has 0 bridgehead atoms. The molecule has 0 heterocycles. The van der Waals surface area contributed by atoms with E-state index in [1.807, 2.05) is 0 Å². The van der Waals surface area contributed by atoms with Crippen LogP contribution in [-0.2, 0) is 19.6 Å². The molecule has 1 rings (SSSR count). The number of hydrogen-bond donors (Lipinski definition) is 0. The second kappa shape index (κ2) is 5.76. The highest BCUT2D eigenvalue weighted by atomic mass is 32.2. The molecule has 0 amide bonds. The van der Waals surface area contributed by atoms with E-state index in [2.05, 4.69) is 4.74 Å². The Morgan fingerprint density at radius 2 is 1.94 bits per heavy atom. The molecule has 0 unspecified atom stereocenters. The average Bonchev–Trinajstić information content (AvgIpc) is 2.28. The fraction of sp³-hybridized carbons (Fsp3) is 0.300. The highest BCUT2D eigenvalue weighted by Crippen LogP contribution is 2.15. The fourth-order valence-electron chi connectivity index (χ4n) is 1.15. The molecule has 7 heteroatoms. The van der Waals surface area contributed by atoms with Crippen molar-refractivity contribution in [3.8, 4) is 0 Å². The number of methoxy groups -OCH3 is 1. The average molecular weight is 259 g/mol. The largest absolute Gasteiger partial charge is 0.744 e. The minimum atomic E-state index is -4.69. The summed E-state index contributed by atoms with van der Waals surface area (Å²) < 4.78 is 42.1. The van der Waals surface area contributed by atoms with Gasteiger partial charge < -0.3 is 14.0 Å². The summed E-state index contributed by atoms with van der Waals surface area (Å²) in [6.07, 6.45) is 0. The second-order valence-electron chi connectivity index (χ2n) is 3.08. The third-order valence-electron chi connectivity index (χ3n) is 1.90. The quantitative estimate of drug-likeness (QED) is 0.431. The van der Waals surface area contributed by atoms with Crippen LogP contribution in [0.2, 0.25) is 0 Å². The molecule has 17 heavy (non-hydrogen) atoms. The number of ether oxygens (including phenoxy) is 2. The molecule has 1 aromatic rings. The Balaban J connectivity index is 2.94. The molecule has 0 spiro atoms. The summed E-state index contributed by atoms with van der Waals surface area (Å²) in [5.74, 6) is -0.864. The summed E-state index contributed by atoms with van der Waals surface area (Å²) in [5.41, 5.74) is -0.265. The lowest BCUT2D eigenvalue weighted by molar-refractivity contribution is 0.0383. The maximum absolute atomic E-state index is 11.5. The van der Waals surface area contributed by atoms with Gasteiger partial charge in [0.05, 0.1) is 17.1 Å². The van der Waals surface area contributed by atoms with Crippen LogP contribution in [-0.4, -0.2) is 39.3 Å². The van der Waals surface area contributed by atoms with E-state index in [1.165, 1.54) is 25.3 Å². The van der Waals surface area contributed by atoms with E-state index in [-0.39, 0.29) is 18.8 Å². The van der Waals surface area contributed by atoms with E-state index in [1.54, 1.807) is 0 Å². The van der Waals surface area contributed by atoms with E-state index in [0.29, 0.717) is 0 Å². The van der Waals surface area contributed by atoms with Crippen LogP contribution in [0.5, 0.6) is 0 Å². The Hall–Kier alpha value is -1.44. The van der Waals surface area contributed by atoms with Crippen molar-refractivity contribution in [1.82, 2.24) is 0 Å². The third kappa shape index (κ3) is 3.81. The molecule has 0 saturated heterocycles. The van der Waals surface area contributed by atoms with Crippen molar-refractivity contribution in [2.24, 2.45) is 0 Å². The molecule has 1 aromatic carbocycles. The Kier molecular flexibility index (Phi) is 4.62. The third-order valence-corrected chi connectivity index (χ3v) is 2.79. The van der Waals surface area contributed by atoms with E-state index in [9.17, 15) is 17.8 Å². The maximum Gasteiger partial charge on any atom is 0.339 e. The van der Waals surface area contributed by atoms with Crippen molar-refractivity contribution in [3.05, 3.63) is 29.8 Å². The highest BCUT2D eigenvalue weighted by Gasteiger charge is 2.16. The van der Waals surface area contributed by atoms with Gasteiger partial charge in [0.1, 0.15) is 16.7 Å². The molecule has 0 aliphatic rings. The van der Waals surface area contributed by atoms with Crippen molar-refractivity contribution in [1.29, 1.82) is 0 Å². The minimum Gasteiger partial charge on any atom is -0.744 e. The lowest BCUT2D eigenvalue weighted by Gasteiger charge is -2.11. The summed E-state index contributed by atoms with van der Waals surface area (Å²) in [4.78, 5) is 10.9. The maximum atomic E-state index is 11.5. The van der Waals surface area contributed by atoms with Crippen LogP contribution in [0.1, 0.15) is 10.4 Å². The summed E-state index contributed by atoms with van der Waals surface area (Å²) in [6, 6.07) is 5.09. The first-order valence-corrected chi connectivity index (χ1v) is 6.08. The molecule has 0 radical (unpaired) electrons. The van der Waals surface area contributed by atoms with E-state index in [0.717, 1.165) is 6.07 Å². The molecule has 0 fully saturated rings. The smallest absolute Gasteiger partial charge is 0.339 e. The summed E-state index contributed by atoms with van der Waals surface area (Å²) >= 11 is 0. The molecule has 0 aromatic heterocycles. The van der Waals surface area contributed by atoms with Gasteiger partial charge >= 0.3 is 5.97 Å². The molecule has 0 aliphatic carbocycles. The van der Waals surface area contributed by atoms with Gasteiger partial charge in [-0.05, 0) is 12.1 Å². The Morgan fingerprint density at radius 1 is 1.29 bits per heavy atom. The zero-order valence-electron chi connectivity index (χ0n) is 9.08. The lowest BCUT2D eigenvalue weighted by atomic mass is 10.2. The van der Waals surface area contributed by atoms with Crippen LogP contribution in [0.15, 0.2) is 29.2 Å². The van der Waals surface area contributed by atoms with Gasteiger partial charge in [0, 0.05) is 7.11 Å². The normalized spacial score (nSPS) is 11.2. The first kappa shape index (κ1) is 13.6. The number of rotatable bonds is 5. The van der Waals surface area contributed by atoms with Gasteiger partial charge in [0.25, 0.3) is 0 Å². The molecule has 0 atom stereocenters. The number of carbonyl (C=O) groups is 1. The predicted molar refractivity (Wildman–Crippen MR) is 56.6 cm³/mol. The summed E-state index contributed by atoms with van der Waals surface area (Å²) in [6.45, 7) is 0.181. The molecule has 0 aliphatic heterocycles. The molecular weight excluding hydrogens is 248 g/mol. The van der Waals surface area contributed by atoms with Crippen molar-refractivity contribution < 1.29 is 27.2 Å². The van der Waals surface area contributed by atoms with Crippen LogP contribution in [0.4, 0.5) is 0 Å². The SMILES string of the molecule is COCCOC(=O)c1ccccc1S(=O)(=O)[O-]. The van der Waals surface area contributed by atoms with E-state index < -0.39 is 21.0 Å². The number of benzene rings is 1. The number of hydrogen-bond acceptors (Lipinski definition) is 6. The van der Waals surface area contributed by atoms with Crippen LogP contribution >= 0.6 is 0 Å². The molecule has 6 nitrogen and oxygen atoms in total. The van der Waals surface area contributed by atoms with Gasteiger partial charge in [-0.3, -0.25) is 0 Å². The molecule has 94 valence electrons. The van der Waals surface area contributed by atoms with Gasteiger partial charge in [-0.1, -0.05) is 12.1 Å². The number of carbonyl (C=O) groups excluding carboxylic acids is 1. The van der Waals surface area contributed by atoms with Gasteiger partial charge in [-0.15, -0.1) is 0 Å². The first-order chi connectivity index (χ1) is 7.96. The fourth-order valence-corrected chi connectivity index (χ4v) is 1.81. The van der Waals surface area contributed by atoms with Crippen molar-refractivity contribution in [2.75, 3.05) is 20.3 Å². The van der Waals surface area contributed by atoms with Crippen molar-refractivity contribution >= 4 is 16.1 Å². The minimum absolute atomic E-state index is 0.0113. The van der Waals surface area contributed by atoms with E-state index >= 15 is 0 Å². The van der Waals surface area contributed by atoms with Gasteiger partial charge in [0.2, 0.25) is 0 Å². The molecule has 0 saturated carbocycles. The zero-order valence-corrected chi connectivity index (χ0v) is 9.90. The van der Waals surface area contributed by atoms with Gasteiger partial charge in [-0.25, -0.2) is 13.2 Å². The second-order valence-corrected chi connectivity index (χ2v) is 4.43. The van der Waals surface area contributed by atoms with Crippen LogP contribution in [0, 0.1) is 0 Å². The van der Waals surface area contributed by atoms with Crippen molar-refractivity contribution in [3.63, 3.8) is 0 Å². The zero-order chi connectivity index (χ0) is 12.9. The van der Waals surface area contributed by atoms with Crippen LogP contribution in [0.25, 0.3) is 0 Å². The lowest BCUT2D eigenvalue weighted by Crippen LogP contribution is -2.14. The van der Waals surface area contributed by atoms with E-state index in [4.69, 9.17) is 4.74 Å². The summed E-state index contributed by atoms with van der Waals surface area (Å²) in [7, 11) is -3.26.